The molecule has 3 N–H and O–H groups in total. The molecule has 112 valence electrons. The van der Waals surface area contributed by atoms with Crippen LogP contribution in [0.2, 0.25) is 0 Å². The Kier molecular flexibility index (Phi) is 4.70. The molecule has 1 aromatic carbocycles. The Morgan fingerprint density at radius 3 is 2.60 bits per heavy atom. The van der Waals surface area contributed by atoms with E-state index in [0.717, 1.165) is 19.3 Å². The summed E-state index contributed by atoms with van der Waals surface area (Å²) in [5.41, 5.74) is 6.96. The van der Waals surface area contributed by atoms with Crippen LogP contribution in [0.1, 0.15) is 44.6 Å². The van der Waals surface area contributed by atoms with E-state index in [0.29, 0.717) is 22.1 Å². The highest BCUT2D eigenvalue weighted by atomic mass is 32.2. The Morgan fingerprint density at radius 1 is 1.20 bits per heavy atom. The van der Waals surface area contributed by atoms with Crippen LogP contribution in [0.3, 0.4) is 0 Å². The van der Waals surface area contributed by atoms with Gasteiger partial charge >= 0.3 is 0 Å². The molecule has 0 radical (unpaired) electrons. The first-order valence-electron chi connectivity index (χ1n) is 7.28. The highest BCUT2D eigenvalue weighted by Crippen LogP contribution is 2.25. The molecule has 4 nitrogen and oxygen atoms in total. The van der Waals surface area contributed by atoms with Gasteiger partial charge in [0.1, 0.15) is 0 Å². The standard InChI is InChI=1S/C15H24N2O2S/c1-11-6-4-3-5-7-14(11)17-20(18,19)15-9-8-13(16)10-12(15)2/h8-11,14,17H,3-7,16H2,1-2H3. The van der Waals surface area contributed by atoms with Crippen LogP contribution in [0.4, 0.5) is 5.69 Å². The van der Waals surface area contributed by atoms with Crippen LogP contribution in [-0.4, -0.2) is 14.5 Å². The molecule has 0 amide bonds. The fraction of sp³-hybridized carbons (Fsp3) is 0.600. The van der Waals surface area contributed by atoms with Crippen molar-refractivity contribution < 1.29 is 8.42 Å². The molecule has 0 spiro atoms. The number of sulfonamides is 1. The number of hydrogen-bond acceptors (Lipinski definition) is 3. The number of nitrogen functional groups attached to an aromatic ring is 1. The first-order valence-corrected chi connectivity index (χ1v) is 8.77. The molecule has 1 aromatic rings. The smallest absolute Gasteiger partial charge is 0.241 e. The molecular formula is C15H24N2O2S. The van der Waals surface area contributed by atoms with Crippen LogP contribution in [-0.2, 0) is 10.0 Å². The van der Waals surface area contributed by atoms with Crippen molar-refractivity contribution in [3.05, 3.63) is 23.8 Å². The van der Waals surface area contributed by atoms with Crippen molar-refractivity contribution in [2.45, 2.75) is 56.9 Å². The maximum atomic E-state index is 12.5. The zero-order chi connectivity index (χ0) is 14.8. The van der Waals surface area contributed by atoms with E-state index < -0.39 is 10.0 Å². The maximum absolute atomic E-state index is 12.5. The van der Waals surface area contributed by atoms with Gasteiger partial charge in [0.15, 0.2) is 0 Å². The third kappa shape index (κ3) is 3.52. The van der Waals surface area contributed by atoms with Crippen LogP contribution < -0.4 is 10.5 Å². The number of hydrogen-bond donors (Lipinski definition) is 2. The zero-order valence-electron chi connectivity index (χ0n) is 12.2. The summed E-state index contributed by atoms with van der Waals surface area (Å²) in [5.74, 6) is 0.390. The van der Waals surface area contributed by atoms with Crippen molar-refractivity contribution in [3.8, 4) is 0 Å². The second-order valence-electron chi connectivity index (χ2n) is 5.87. The number of rotatable bonds is 3. The lowest BCUT2D eigenvalue weighted by Crippen LogP contribution is -2.39. The Labute approximate surface area is 121 Å². The predicted molar refractivity (Wildman–Crippen MR) is 81.9 cm³/mol. The van der Waals surface area contributed by atoms with E-state index in [1.165, 1.54) is 12.8 Å². The second kappa shape index (κ2) is 6.14. The monoisotopic (exact) mass is 296 g/mol. The van der Waals surface area contributed by atoms with Crippen molar-refractivity contribution >= 4 is 15.7 Å². The lowest BCUT2D eigenvalue weighted by atomic mass is 9.98. The van der Waals surface area contributed by atoms with Crippen molar-refractivity contribution in [2.24, 2.45) is 5.92 Å². The van der Waals surface area contributed by atoms with Gasteiger partial charge in [-0.25, -0.2) is 13.1 Å². The Bertz CT molecular complexity index is 569. The Hall–Kier alpha value is -1.07. The molecule has 1 aliphatic carbocycles. The minimum absolute atomic E-state index is 0.0412. The van der Waals surface area contributed by atoms with E-state index >= 15 is 0 Å². The molecule has 0 bridgehead atoms. The summed E-state index contributed by atoms with van der Waals surface area (Å²) in [6.07, 6.45) is 5.50. The van der Waals surface area contributed by atoms with Gasteiger partial charge in [0.25, 0.3) is 0 Å². The lowest BCUT2D eigenvalue weighted by molar-refractivity contribution is 0.399. The summed E-state index contributed by atoms with van der Waals surface area (Å²) >= 11 is 0. The molecule has 0 aromatic heterocycles. The molecule has 5 heteroatoms. The van der Waals surface area contributed by atoms with E-state index in [4.69, 9.17) is 5.73 Å². The minimum atomic E-state index is -3.46. The summed E-state index contributed by atoms with van der Waals surface area (Å²) < 4.78 is 28.0. The molecule has 0 heterocycles. The number of nitrogens with one attached hydrogen (secondary N) is 1. The largest absolute Gasteiger partial charge is 0.399 e. The summed E-state index contributed by atoms with van der Waals surface area (Å²) in [5, 5.41) is 0. The molecule has 2 unspecified atom stereocenters. The highest BCUT2D eigenvalue weighted by molar-refractivity contribution is 7.89. The Balaban J connectivity index is 2.21. The molecule has 0 saturated heterocycles. The molecular weight excluding hydrogens is 272 g/mol. The zero-order valence-corrected chi connectivity index (χ0v) is 13.0. The lowest BCUT2D eigenvalue weighted by Gasteiger charge is -2.23. The first-order chi connectivity index (χ1) is 9.40. The van der Waals surface area contributed by atoms with Crippen LogP contribution in [0.15, 0.2) is 23.1 Å². The van der Waals surface area contributed by atoms with Gasteiger partial charge in [-0.2, -0.15) is 0 Å². The average molecular weight is 296 g/mol. The number of anilines is 1. The Morgan fingerprint density at radius 2 is 1.90 bits per heavy atom. The van der Waals surface area contributed by atoms with Gasteiger partial charge in [0.2, 0.25) is 10.0 Å². The van der Waals surface area contributed by atoms with E-state index in [2.05, 4.69) is 11.6 Å². The van der Waals surface area contributed by atoms with E-state index in [1.54, 1.807) is 25.1 Å². The molecule has 0 aliphatic heterocycles. The van der Waals surface area contributed by atoms with Gasteiger partial charge in [-0.05, 0) is 49.4 Å². The molecule has 20 heavy (non-hydrogen) atoms. The molecule has 2 atom stereocenters. The van der Waals surface area contributed by atoms with Crippen molar-refractivity contribution in [3.63, 3.8) is 0 Å². The number of nitrogens with two attached hydrogens (primary N) is 1. The third-order valence-corrected chi connectivity index (χ3v) is 5.81. The molecule has 1 saturated carbocycles. The van der Waals surface area contributed by atoms with E-state index in [-0.39, 0.29) is 6.04 Å². The van der Waals surface area contributed by atoms with Gasteiger partial charge < -0.3 is 5.73 Å². The number of aryl methyl sites for hydroxylation is 1. The summed E-state index contributed by atoms with van der Waals surface area (Å²) in [7, 11) is -3.46. The fourth-order valence-electron chi connectivity index (χ4n) is 2.91. The van der Waals surface area contributed by atoms with Crippen molar-refractivity contribution in [1.82, 2.24) is 4.72 Å². The quantitative estimate of drug-likeness (QED) is 0.665. The SMILES string of the molecule is Cc1cc(N)ccc1S(=O)(=O)NC1CCCCCC1C. The third-order valence-electron chi connectivity index (χ3n) is 4.16. The van der Waals surface area contributed by atoms with Crippen LogP contribution in [0.5, 0.6) is 0 Å². The first kappa shape index (κ1) is 15.3. The summed E-state index contributed by atoms with van der Waals surface area (Å²) in [6.45, 7) is 3.91. The minimum Gasteiger partial charge on any atom is -0.399 e. The number of benzene rings is 1. The summed E-state index contributed by atoms with van der Waals surface area (Å²) in [6, 6.07) is 4.97. The molecule has 2 rings (SSSR count). The van der Waals surface area contributed by atoms with Crippen LogP contribution in [0.25, 0.3) is 0 Å². The average Bonchev–Trinajstić information content (AvgIpc) is 2.54. The van der Waals surface area contributed by atoms with Gasteiger partial charge in [0.05, 0.1) is 4.90 Å². The van der Waals surface area contributed by atoms with Crippen molar-refractivity contribution in [2.75, 3.05) is 5.73 Å². The highest BCUT2D eigenvalue weighted by Gasteiger charge is 2.26. The van der Waals surface area contributed by atoms with Crippen molar-refractivity contribution in [1.29, 1.82) is 0 Å². The van der Waals surface area contributed by atoms with Gasteiger partial charge in [-0.1, -0.05) is 26.2 Å². The van der Waals surface area contributed by atoms with Gasteiger partial charge in [-0.3, -0.25) is 0 Å². The van der Waals surface area contributed by atoms with Crippen LogP contribution >= 0.6 is 0 Å². The maximum Gasteiger partial charge on any atom is 0.241 e. The van der Waals surface area contributed by atoms with E-state index in [9.17, 15) is 8.42 Å². The van der Waals surface area contributed by atoms with Gasteiger partial charge in [0, 0.05) is 11.7 Å². The molecule has 1 fully saturated rings. The molecule has 1 aliphatic rings. The summed E-state index contributed by atoms with van der Waals surface area (Å²) in [4.78, 5) is 0.336. The normalized spacial score (nSPS) is 24.3. The van der Waals surface area contributed by atoms with Crippen LogP contribution in [0, 0.1) is 12.8 Å². The fourth-order valence-corrected chi connectivity index (χ4v) is 4.51. The topological polar surface area (TPSA) is 72.2 Å². The van der Waals surface area contributed by atoms with Gasteiger partial charge in [-0.15, -0.1) is 0 Å². The van der Waals surface area contributed by atoms with E-state index in [1.807, 2.05) is 0 Å². The second-order valence-corrected chi connectivity index (χ2v) is 7.55. The predicted octanol–water partition coefficient (Wildman–Crippen LogP) is 2.82.